The van der Waals surface area contributed by atoms with Gasteiger partial charge in [-0.3, -0.25) is 4.68 Å². The van der Waals surface area contributed by atoms with Crippen LogP contribution >= 0.6 is 0 Å². The molecule has 3 nitrogen and oxygen atoms in total. The number of hydrogen-bond acceptors (Lipinski definition) is 2. The summed E-state index contributed by atoms with van der Waals surface area (Å²) in [6.45, 7) is 6.58. The van der Waals surface area contributed by atoms with Crippen LogP contribution in [0.15, 0.2) is 12.4 Å². The van der Waals surface area contributed by atoms with Gasteiger partial charge in [0.15, 0.2) is 0 Å². The zero-order chi connectivity index (χ0) is 11.1. The van der Waals surface area contributed by atoms with Crippen molar-refractivity contribution in [3.05, 3.63) is 18.0 Å². The zero-order valence-electron chi connectivity index (χ0n) is 9.77. The molecule has 1 saturated carbocycles. The van der Waals surface area contributed by atoms with Crippen molar-refractivity contribution in [3.63, 3.8) is 0 Å². The van der Waals surface area contributed by atoms with Gasteiger partial charge in [0.1, 0.15) is 0 Å². The van der Waals surface area contributed by atoms with E-state index in [4.69, 9.17) is 0 Å². The molecule has 1 N–H and O–H groups in total. The van der Waals surface area contributed by atoms with Gasteiger partial charge < -0.3 is 5.11 Å². The van der Waals surface area contributed by atoms with Gasteiger partial charge >= 0.3 is 0 Å². The molecular weight excluding hydrogens is 188 g/mol. The predicted molar refractivity (Wildman–Crippen MR) is 59.6 cm³/mol. The zero-order valence-corrected chi connectivity index (χ0v) is 9.77. The topological polar surface area (TPSA) is 38.0 Å². The van der Waals surface area contributed by atoms with Crippen molar-refractivity contribution >= 4 is 0 Å². The molecular formula is C12H20N2O. The van der Waals surface area contributed by atoms with Crippen molar-refractivity contribution in [1.29, 1.82) is 0 Å². The molecule has 2 unspecified atom stereocenters. The fourth-order valence-corrected chi connectivity index (χ4v) is 2.47. The first-order valence-electron chi connectivity index (χ1n) is 5.68. The van der Waals surface area contributed by atoms with Crippen molar-refractivity contribution in [3.8, 4) is 0 Å². The second-order valence-electron chi connectivity index (χ2n) is 5.43. The normalized spacial score (nSPS) is 30.4. The maximum Gasteiger partial charge on any atom is 0.0594 e. The number of aryl methyl sites for hydroxylation is 1. The molecule has 1 aromatic heterocycles. The Kier molecular flexibility index (Phi) is 2.59. The monoisotopic (exact) mass is 208 g/mol. The van der Waals surface area contributed by atoms with Crippen molar-refractivity contribution in [2.45, 2.75) is 52.2 Å². The van der Waals surface area contributed by atoms with Gasteiger partial charge in [0.2, 0.25) is 0 Å². The van der Waals surface area contributed by atoms with Crippen LogP contribution in [0.25, 0.3) is 0 Å². The number of nitrogens with zero attached hydrogens (tertiary/aromatic N) is 2. The third kappa shape index (κ3) is 2.07. The maximum atomic E-state index is 9.74. The Morgan fingerprint density at radius 3 is 2.87 bits per heavy atom. The number of hydrogen-bond donors (Lipinski definition) is 1. The summed E-state index contributed by atoms with van der Waals surface area (Å²) in [7, 11) is 0. The average Bonchev–Trinajstić information content (AvgIpc) is 2.56. The molecule has 1 fully saturated rings. The minimum Gasteiger partial charge on any atom is -0.393 e. The fourth-order valence-electron chi connectivity index (χ4n) is 2.47. The Bertz CT molecular complexity index is 343. The van der Waals surface area contributed by atoms with Gasteiger partial charge in [0, 0.05) is 6.20 Å². The third-order valence-electron chi connectivity index (χ3n) is 3.57. The molecule has 0 spiro atoms. The summed E-state index contributed by atoms with van der Waals surface area (Å²) in [5.74, 6) is 0. The second kappa shape index (κ2) is 3.63. The first kappa shape index (κ1) is 10.7. The van der Waals surface area contributed by atoms with Crippen molar-refractivity contribution in [1.82, 2.24) is 9.78 Å². The van der Waals surface area contributed by atoms with Gasteiger partial charge in [-0.15, -0.1) is 0 Å². The summed E-state index contributed by atoms with van der Waals surface area (Å²) >= 11 is 0. The van der Waals surface area contributed by atoms with Crippen LogP contribution in [0.4, 0.5) is 0 Å². The first-order chi connectivity index (χ1) is 6.99. The predicted octanol–water partition coefficient (Wildman–Crippen LogP) is 2.30. The summed E-state index contributed by atoms with van der Waals surface area (Å²) in [5, 5.41) is 14.1. The van der Waals surface area contributed by atoms with Crippen LogP contribution in [-0.2, 0) is 0 Å². The Hall–Kier alpha value is -0.830. The summed E-state index contributed by atoms with van der Waals surface area (Å²) in [6.07, 6.45) is 6.62. The molecule has 0 aromatic carbocycles. The van der Waals surface area contributed by atoms with E-state index in [1.807, 2.05) is 10.9 Å². The standard InChI is InChI=1S/C12H20N2O/c1-9-7-13-14(8-9)11-6-10(15)4-5-12(11,2)3/h7-8,10-11,15H,4-6H2,1-3H3. The lowest BCUT2D eigenvalue weighted by atomic mass is 9.72. The van der Waals surface area contributed by atoms with Gasteiger partial charge in [0.05, 0.1) is 18.3 Å². The number of aliphatic hydroxyl groups is 1. The average molecular weight is 208 g/mol. The molecule has 1 aliphatic rings. The molecule has 2 rings (SSSR count). The van der Waals surface area contributed by atoms with Crippen LogP contribution in [0.2, 0.25) is 0 Å². The molecule has 0 saturated heterocycles. The van der Waals surface area contributed by atoms with Gasteiger partial charge in [-0.05, 0) is 37.2 Å². The van der Waals surface area contributed by atoms with Crippen molar-refractivity contribution in [2.75, 3.05) is 0 Å². The fraction of sp³-hybridized carbons (Fsp3) is 0.750. The van der Waals surface area contributed by atoms with Crippen LogP contribution in [-0.4, -0.2) is 21.0 Å². The summed E-state index contributed by atoms with van der Waals surface area (Å²) in [4.78, 5) is 0. The van der Waals surface area contributed by atoms with Crippen LogP contribution in [0.3, 0.4) is 0 Å². The van der Waals surface area contributed by atoms with E-state index < -0.39 is 0 Å². The van der Waals surface area contributed by atoms with E-state index >= 15 is 0 Å². The molecule has 15 heavy (non-hydrogen) atoms. The van der Waals surface area contributed by atoms with E-state index in [2.05, 4.69) is 32.1 Å². The molecule has 0 bridgehead atoms. The molecule has 1 heterocycles. The number of aromatic nitrogens is 2. The van der Waals surface area contributed by atoms with E-state index in [-0.39, 0.29) is 11.5 Å². The SMILES string of the molecule is Cc1cnn(C2CC(O)CCC2(C)C)c1. The largest absolute Gasteiger partial charge is 0.393 e. The minimum absolute atomic E-state index is 0.160. The lowest BCUT2D eigenvalue weighted by Crippen LogP contribution is -2.36. The highest BCUT2D eigenvalue weighted by Crippen LogP contribution is 2.43. The van der Waals surface area contributed by atoms with E-state index in [9.17, 15) is 5.11 Å². The smallest absolute Gasteiger partial charge is 0.0594 e. The van der Waals surface area contributed by atoms with Gasteiger partial charge in [-0.1, -0.05) is 13.8 Å². The molecule has 0 amide bonds. The minimum atomic E-state index is -0.160. The van der Waals surface area contributed by atoms with E-state index in [0.29, 0.717) is 6.04 Å². The summed E-state index contributed by atoms with van der Waals surface area (Å²) < 4.78 is 2.03. The van der Waals surface area contributed by atoms with Crippen LogP contribution in [0.5, 0.6) is 0 Å². The van der Waals surface area contributed by atoms with Crippen LogP contribution in [0.1, 0.15) is 44.7 Å². The van der Waals surface area contributed by atoms with E-state index in [1.165, 1.54) is 5.56 Å². The highest BCUT2D eigenvalue weighted by Gasteiger charge is 2.37. The Balaban J connectivity index is 2.25. The molecule has 0 aliphatic heterocycles. The van der Waals surface area contributed by atoms with Crippen LogP contribution < -0.4 is 0 Å². The lowest BCUT2D eigenvalue weighted by Gasteiger charge is -2.40. The first-order valence-corrected chi connectivity index (χ1v) is 5.68. The molecule has 3 heteroatoms. The van der Waals surface area contributed by atoms with Gasteiger partial charge in [-0.2, -0.15) is 5.10 Å². The summed E-state index contributed by atoms with van der Waals surface area (Å²) in [6, 6.07) is 0.329. The van der Waals surface area contributed by atoms with E-state index in [0.717, 1.165) is 19.3 Å². The molecule has 0 radical (unpaired) electrons. The number of rotatable bonds is 1. The Morgan fingerprint density at radius 1 is 1.53 bits per heavy atom. The maximum absolute atomic E-state index is 9.74. The number of aliphatic hydroxyl groups excluding tert-OH is 1. The Morgan fingerprint density at radius 2 is 2.27 bits per heavy atom. The molecule has 84 valence electrons. The highest BCUT2D eigenvalue weighted by atomic mass is 16.3. The second-order valence-corrected chi connectivity index (χ2v) is 5.43. The van der Waals surface area contributed by atoms with Crippen LogP contribution in [0, 0.1) is 12.3 Å². The van der Waals surface area contributed by atoms with Gasteiger partial charge in [-0.25, -0.2) is 0 Å². The summed E-state index contributed by atoms with van der Waals surface area (Å²) in [5.41, 5.74) is 1.42. The molecule has 1 aromatic rings. The van der Waals surface area contributed by atoms with Crippen molar-refractivity contribution in [2.24, 2.45) is 5.41 Å². The van der Waals surface area contributed by atoms with Gasteiger partial charge in [0.25, 0.3) is 0 Å². The third-order valence-corrected chi connectivity index (χ3v) is 3.57. The Labute approximate surface area is 91.1 Å². The molecule has 2 atom stereocenters. The van der Waals surface area contributed by atoms with Crippen molar-refractivity contribution < 1.29 is 5.11 Å². The lowest BCUT2D eigenvalue weighted by molar-refractivity contribution is 0.0292. The molecule has 1 aliphatic carbocycles. The van der Waals surface area contributed by atoms with E-state index in [1.54, 1.807) is 0 Å². The quantitative estimate of drug-likeness (QED) is 0.769. The highest BCUT2D eigenvalue weighted by molar-refractivity contribution is 5.02.